The second kappa shape index (κ2) is 9.05. The average molecular weight is 482 g/mol. The van der Waals surface area contributed by atoms with E-state index in [1.165, 1.54) is 30.6 Å². The highest BCUT2D eigenvalue weighted by Crippen LogP contribution is 2.32. The number of rotatable bonds is 4. The number of nitrogens with one attached hydrogen (secondary N) is 1. The second-order valence-corrected chi connectivity index (χ2v) is 10.3. The fraction of sp³-hybridized carbons (Fsp3) is 0.550. The predicted molar refractivity (Wildman–Crippen MR) is 117 cm³/mol. The topological polar surface area (TPSA) is 62.3 Å². The zero-order valence-corrected chi connectivity index (χ0v) is 18.9. The first-order valence-electron chi connectivity index (χ1n) is 9.90. The molecule has 1 saturated heterocycles. The summed E-state index contributed by atoms with van der Waals surface area (Å²) in [4.78, 5) is 33.0. The number of carbonyl (C=O) groups is 2. The number of carbonyl (C=O) groups excluding carboxylic acids is 2. The van der Waals surface area contributed by atoms with Crippen LogP contribution >= 0.6 is 38.6 Å². The lowest BCUT2D eigenvalue weighted by molar-refractivity contribution is -0.127. The van der Waals surface area contributed by atoms with E-state index >= 15 is 0 Å². The number of thiophene rings is 1. The van der Waals surface area contributed by atoms with Crippen LogP contribution in [0, 0.1) is 5.92 Å². The highest BCUT2D eigenvalue weighted by Gasteiger charge is 2.31. The van der Waals surface area contributed by atoms with Crippen LogP contribution in [0.4, 0.5) is 0 Å². The molecule has 1 N–H and O–H groups in total. The van der Waals surface area contributed by atoms with Crippen LogP contribution in [-0.4, -0.2) is 40.8 Å². The van der Waals surface area contributed by atoms with Crippen molar-refractivity contribution in [1.29, 1.82) is 0 Å². The van der Waals surface area contributed by atoms with Crippen molar-refractivity contribution in [3.63, 3.8) is 0 Å². The first kappa shape index (κ1) is 20.0. The number of likely N-dealkylation sites (tertiary alicyclic amines) is 1. The standard InChI is InChI=1S/C20H24BrN3O2S2/c21-14-9-17(27-11-14)19-23-16(12-28-19)20(26)24-8-4-5-13(10-24)18(25)22-15-6-2-1-3-7-15/h9,11-13,15H,1-8,10H2,(H,22,25). The maximum Gasteiger partial charge on any atom is 0.273 e. The summed E-state index contributed by atoms with van der Waals surface area (Å²) in [5.41, 5.74) is 0.484. The smallest absolute Gasteiger partial charge is 0.273 e. The number of nitrogens with zero attached hydrogens (tertiary/aromatic N) is 2. The molecule has 5 nitrogen and oxygen atoms in total. The minimum Gasteiger partial charge on any atom is -0.353 e. The summed E-state index contributed by atoms with van der Waals surface area (Å²) in [5.74, 6) is -0.0499. The van der Waals surface area contributed by atoms with Gasteiger partial charge in [-0.2, -0.15) is 0 Å². The zero-order valence-electron chi connectivity index (χ0n) is 15.7. The quantitative estimate of drug-likeness (QED) is 0.672. The van der Waals surface area contributed by atoms with E-state index in [1.807, 2.05) is 16.8 Å². The number of hydrogen-bond donors (Lipinski definition) is 1. The molecule has 0 aromatic carbocycles. The van der Waals surface area contributed by atoms with E-state index in [0.717, 1.165) is 40.0 Å². The van der Waals surface area contributed by atoms with E-state index in [0.29, 0.717) is 24.8 Å². The minimum absolute atomic E-state index is 0.0618. The lowest BCUT2D eigenvalue weighted by Crippen LogP contribution is -2.48. The summed E-state index contributed by atoms with van der Waals surface area (Å²) in [6.07, 6.45) is 7.57. The Balaban J connectivity index is 1.38. The van der Waals surface area contributed by atoms with Crippen molar-refractivity contribution in [3.8, 4) is 9.88 Å². The van der Waals surface area contributed by atoms with Crippen molar-refractivity contribution in [2.24, 2.45) is 5.92 Å². The molecule has 0 bridgehead atoms. The molecule has 2 aromatic heterocycles. The van der Waals surface area contributed by atoms with Gasteiger partial charge in [0.25, 0.3) is 5.91 Å². The molecule has 28 heavy (non-hydrogen) atoms. The molecule has 8 heteroatoms. The number of thiazole rings is 1. The van der Waals surface area contributed by atoms with E-state index in [4.69, 9.17) is 0 Å². The van der Waals surface area contributed by atoms with Crippen LogP contribution in [0.3, 0.4) is 0 Å². The van der Waals surface area contributed by atoms with Crippen LogP contribution in [0.25, 0.3) is 9.88 Å². The fourth-order valence-electron chi connectivity index (χ4n) is 4.01. The van der Waals surface area contributed by atoms with Gasteiger partial charge in [-0.15, -0.1) is 22.7 Å². The monoisotopic (exact) mass is 481 g/mol. The molecule has 2 aromatic rings. The van der Waals surface area contributed by atoms with Gasteiger partial charge in [-0.1, -0.05) is 19.3 Å². The van der Waals surface area contributed by atoms with E-state index in [2.05, 4.69) is 26.2 Å². The zero-order chi connectivity index (χ0) is 19.5. The van der Waals surface area contributed by atoms with Gasteiger partial charge in [-0.05, 0) is 47.7 Å². The Kier molecular flexibility index (Phi) is 6.48. The molecule has 2 amide bonds. The molecule has 150 valence electrons. The van der Waals surface area contributed by atoms with Crippen molar-refractivity contribution in [2.75, 3.05) is 13.1 Å². The van der Waals surface area contributed by atoms with Gasteiger partial charge < -0.3 is 10.2 Å². The van der Waals surface area contributed by atoms with Gasteiger partial charge in [0.05, 0.1) is 10.8 Å². The number of halogens is 1. The first-order chi connectivity index (χ1) is 13.6. The van der Waals surface area contributed by atoms with Crippen LogP contribution in [-0.2, 0) is 4.79 Å². The maximum atomic E-state index is 12.9. The fourth-order valence-corrected chi connectivity index (χ4v) is 6.32. The number of aromatic nitrogens is 1. The molecule has 1 aliphatic heterocycles. The van der Waals surface area contributed by atoms with Crippen molar-refractivity contribution in [1.82, 2.24) is 15.2 Å². The highest BCUT2D eigenvalue weighted by atomic mass is 79.9. The molecule has 0 radical (unpaired) electrons. The molecule has 1 aliphatic carbocycles. The normalized spacial score (nSPS) is 20.9. The van der Waals surface area contributed by atoms with E-state index in [-0.39, 0.29) is 17.7 Å². The van der Waals surface area contributed by atoms with Crippen molar-refractivity contribution in [3.05, 3.63) is 27.0 Å². The highest BCUT2D eigenvalue weighted by molar-refractivity contribution is 9.10. The lowest BCUT2D eigenvalue weighted by atomic mass is 9.93. The van der Waals surface area contributed by atoms with Crippen LogP contribution < -0.4 is 5.32 Å². The van der Waals surface area contributed by atoms with Gasteiger partial charge in [0.2, 0.25) is 5.91 Å². The summed E-state index contributed by atoms with van der Waals surface area (Å²) < 4.78 is 1.03. The van der Waals surface area contributed by atoms with Crippen molar-refractivity contribution in [2.45, 2.75) is 51.0 Å². The van der Waals surface area contributed by atoms with Crippen molar-refractivity contribution < 1.29 is 9.59 Å². The summed E-state index contributed by atoms with van der Waals surface area (Å²) in [7, 11) is 0. The van der Waals surface area contributed by atoms with E-state index < -0.39 is 0 Å². The van der Waals surface area contributed by atoms with E-state index in [1.54, 1.807) is 16.2 Å². The third kappa shape index (κ3) is 4.66. The Morgan fingerprint density at radius 1 is 1.11 bits per heavy atom. The Bertz CT molecular complexity index is 844. The van der Waals surface area contributed by atoms with Gasteiger partial charge in [0.1, 0.15) is 10.7 Å². The predicted octanol–water partition coefficient (Wildman–Crippen LogP) is 4.94. The Morgan fingerprint density at radius 2 is 1.93 bits per heavy atom. The third-order valence-electron chi connectivity index (χ3n) is 5.53. The molecule has 1 atom stereocenters. The molecule has 0 spiro atoms. The van der Waals surface area contributed by atoms with Gasteiger partial charge in [-0.3, -0.25) is 9.59 Å². The summed E-state index contributed by atoms with van der Waals surface area (Å²) in [5, 5.41) is 7.93. The first-order valence-corrected chi connectivity index (χ1v) is 12.4. The Hall–Kier alpha value is -1.25. The van der Waals surface area contributed by atoms with Crippen LogP contribution in [0.15, 0.2) is 21.3 Å². The number of amides is 2. The molecule has 2 fully saturated rings. The third-order valence-corrected chi connectivity index (χ3v) is 8.24. The molecule has 3 heterocycles. The Labute approximate surface area is 181 Å². The summed E-state index contributed by atoms with van der Waals surface area (Å²) in [6.45, 7) is 1.19. The minimum atomic E-state index is -0.106. The molecular weight excluding hydrogens is 458 g/mol. The van der Waals surface area contributed by atoms with Crippen LogP contribution in [0.5, 0.6) is 0 Å². The van der Waals surface area contributed by atoms with Gasteiger partial charge >= 0.3 is 0 Å². The van der Waals surface area contributed by atoms with Gasteiger partial charge in [0.15, 0.2) is 0 Å². The molecule has 2 aliphatic rings. The Morgan fingerprint density at radius 3 is 2.68 bits per heavy atom. The maximum absolute atomic E-state index is 12.9. The SMILES string of the molecule is O=C(NC1CCCCC1)C1CCCN(C(=O)c2csc(-c3cc(Br)cs3)n2)C1. The largest absolute Gasteiger partial charge is 0.353 e. The van der Waals surface area contributed by atoms with Crippen LogP contribution in [0.1, 0.15) is 55.4 Å². The molecular formula is C20H24BrN3O2S2. The summed E-state index contributed by atoms with van der Waals surface area (Å²) in [6, 6.07) is 2.34. The average Bonchev–Trinajstić information content (AvgIpc) is 3.37. The molecule has 1 saturated carbocycles. The molecule has 1 unspecified atom stereocenters. The van der Waals surface area contributed by atoms with E-state index in [9.17, 15) is 9.59 Å². The van der Waals surface area contributed by atoms with Crippen molar-refractivity contribution >= 4 is 50.4 Å². The number of piperidine rings is 1. The molecule has 4 rings (SSSR count). The second-order valence-electron chi connectivity index (χ2n) is 7.60. The lowest BCUT2D eigenvalue weighted by Gasteiger charge is -2.33. The van der Waals surface area contributed by atoms with Crippen LogP contribution in [0.2, 0.25) is 0 Å². The number of hydrogen-bond acceptors (Lipinski definition) is 5. The van der Waals surface area contributed by atoms with Gasteiger partial charge in [-0.25, -0.2) is 4.98 Å². The van der Waals surface area contributed by atoms with Gasteiger partial charge in [0, 0.05) is 34.4 Å². The summed E-state index contributed by atoms with van der Waals surface area (Å²) >= 11 is 6.56.